The van der Waals surface area contributed by atoms with E-state index in [0.717, 1.165) is 12.8 Å². The summed E-state index contributed by atoms with van der Waals surface area (Å²) in [6.07, 6.45) is 1.86. The van der Waals surface area contributed by atoms with Gasteiger partial charge in [0.1, 0.15) is 16.8 Å². The number of amides is 1. The predicted molar refractivity (Wildman–Crippen MR) is 97.0 cm³/mol. The summed E-state index contributed by atoms with van der Waals surface area (Å²) in [6.45, 7) is 3.82. The van der Waals surface area contributed by atoms with Crippen LogP contribution in [0.5, 0.6) is 0 Å². The maximum absolute atomic E-state index is 12.3. The SMILES string of the molecule is CCCCn1nc(C)c(C(=O)OCC(=O)Nc2ccccc2C#N)c1Cl. The summed E-state index contributed by atoms with van der Waals surface area (Å²) < 4.78 is 6.60. The van der Waals surface area contributed by atoms with E-state index in [9.17, 15) is 9.59 Å². The molecule has 0 bridgehead atoms. The normalized spacial score (nSPS) is 10.2. The fraction of sp³-hybridized carbons (Fsp3) is 0.333. The molecule has 1 amide bonds. The smallest absolute Gasteiger partial charge is 0.343 e. The zero-order valence-corrected chi connectivity index (χ0v) is 15.3. The van der Waals surface area contributed by atoms with Crippen molar-refractivity contribution in [1.82, 2.24) is 9.78 Å². The number of aromatic nitrogens is 2. The Hall–Kier alpha value is -2.85. The van der Waals surface area contributed by atoms with Gasteiger partial charge >= 0.3 is 5.97 Å². The first-order valence-electron chi connectivity index (χ1n) is 8.17. The molecule has 136 valence electrons. The molecule has 0 unspecified atom stereocenters. The fourth-order valence-corrected chi connectivity index (χ4v) is 2.66. The van der Waals surface area contributed by atoms with Crippen LogP contribution in [0.25, 0.3) is 0 Å². The topological polar surface area (TPSA) is 97.0 Å². The molecular formula is C18H19ClN4O3. The van der Waals surface area contributed by atoms with E-state index >= 15 is 0 Å². The molecular weight excluding hydrogens is 356 g/mol. The zero-order valence-electron chi connectivity index (χ0n) is 14.6. The first-order chi connectivity index (χ1) is 12.5. The average Bonchev–Trinajstić information content (AvgIpc) is 2.92. The number of para-hydroxylation sites is 1. The van der Waals surface area contributed by atoms with Gasteiger partial charge in [0.15, 0.2) is 6.61 Å². The molecule has 0 radical (unpaired) electrons. The van der Waals surface area contributed by atoms with Gasteiger partial charge in [-0.25, -0.2) is 4.79 Å². The van der Waals surface area contributed by atoms with Gasteiger partial charge in [0.05, 0.1) is 16.9 Å². The van der Waals surface area contributed by atoms with Crippen LogP contribution in [-0.4, -0.2) is 28.3 Å². The Balaban J connectivity index is 1.99. The molecule has 0 spiro atoms. The van der Waals surface area contributed by atoms with Crippen LogP contribution >= 0.6 is 11.6 Å². The highest BCUT2D eigenvalue weighted by Gasteiger charge is 2.22. The van der Waals surface area contributed by atoms with Crippen LogP contribution in [0.4, 0.5) is 5.69 Å². The molecule has 26 heavy (non-hydrogen) atoms. The van der Waals surface area contributed by atoms with E-state index in [0.29, 0.717) is 23.5 Å². The van der Waals surface area contributed by atoms with Crippen LogP contribution in [0.1, 0.15) is 41.4 Å². The number of aryl methyl sites for hydroxylation is 2. The van der Waals surface area contributed by atoms with Crippen LogP contribution < -0.4 is 5.32 Å². The van der Waals surface area contributed by atoms with Gasteiger partial charge < -0.3 is 10.1 Å². The van der Waals surface area contributed by atoms with Gasteiger partial charge in [-0.15, -0.1) is 0 Å². The molecule has 0 saturated carbocycles. The Morgan fingerprint density at radius 3 is 2.81 bits per heavy atom. The van der Waals surface area contributed by atoms with Crippen molar-refractivity contribution in [2.45, 2.75) is 33.2 Å². The van der Waals surface area contributed by atoms with E-state index in [1.54, 1.807) is 35.9 Å². The first-order valence-corrected chi connectivity index (χ1v) is 8.54. The van der Waals surface area contributed by atoms with Crippen LogP contribution in [0.2, 0.25) is 5.15 Å². The Kier molecular flexibility index (Phi) is 6.75. The van der Waals surface area contributed by atoms with Gasteiger partial charge in [0.25, 0.3) is 5.91 Å². The Bertz CT molecular complexity index is 855. The number of halogens is 1. The molecule has 0 fully saturated rings. The number of nitrogens with zero attached hydrogens (tertiary/aromatic N) is 3. The lowest BCUT2D eigenvalue weighted by Gasteiger charge is -2.08. The monoisotopic (exact) mass is 374 g/mol. The lowest BCUT2D eigenvalue weighted by Crippen LogP contribution is -2.21. The molecule has 0 atom stereocenters. The largest absolute Gasteiger partial charge is 0.452 e. The van der Waals surface area contributed by atoms with Crippen molar-refractivity contribution in [3.05, 3.63) is 46.2 Å². The van der Waals surface area contributed by atoms with Crippen molar-refractivity contribution < 1.29 is 14.3 Å². The van der Waals surface area contributed by atoms with Crippen LogP contribution in [0.15, 0.2) is 24.3 Å². The van der Waals surface area contributed by atoms with Gasteiger partial charge in [-0.1, -0.05) is 37.1 Å². The second kappa shape index (κ2) is 9.02. The standard InChI is InChI=1S/C18H19ClN4O3/c1-3-4-9-23-17(19)16(12(2)22-23)18(25)26-11-15(24)21-14-8-6-5-7-13(14)10-20/h5-8H,3-4,9,11H2,1-2H3,(H,21,24). The average molecular weight is 375 g/mol. The maximum Gasteiger partial charge on any atom is 0.343 e. The number of unbranched alkanes of at least 4 members (excludes halogenated alkanes) is 1. The van der Waals surface area contributed by atoms with Crippen LogP contribution in [0.3, 0.4) is 0 Å². The number of nitrogens with one attached hydrogen (secondary N) is 1. The molecule has 0 aliphatic heterocycles. The number of rotatable bonds is 7. The minimum atomic E-state index is -0.709. The van der Waals surface area contributed by atoms with Crippen LogP contribution in [-0.2, 0) is 16.1 Å². The zero-order chi connectivity index (χ0) is 19.1. The summed E-state index contributed by atoms with van der Waals surface area (Å²) >= 11 is 6.21. The third kappa shape index (κ3) is 4.61. The molecule has 8 heteroatoms. The predicted octanol–water partition coefficient (Wildman–Crippen LogP) is 3.31. The number of carbonyl (C=O) groups excluding carboxylic acids is 2. The summed E-state index contributed by atoms with van der Waals surface area (Å²) in [6, 6.07) is 8.53. The molecule has 1 heterocycles. The van der Waals surface area contributed by atoms with Crippen molar-refractivity contribution in [2.24, 2.45) is 0 Å². The molecule has 0 aliphatic rings. The highest BCUT2D eigenvalue weighted by atomic mass is 35.5. The third-order valence-corrected chi connectivity index (χ3v) is 4.03. The van der Waals surface area contributed by atoms with Crippen molar-refractivity contribution in [3.8, 4) is 6.07 Å². The second-order valence-corrected chi connectivity index (χ2v) is 5.97. The quantitative estimate of drug-likeness (QED) is 0.750. The Morgan fingerprint density at radius 2 is 2.12 bits per heavy atom. The van der Waals surface area contributed by atoms with E-state index in [4.69, 9.17) is 21.6 Å². The Labute approximate surface area is 156 Å². The van der Waals surface area contributed by atoms with E-state index in [1.165, 1.54) is 0 Å². The summed E-state index contributed by atoms with van der Waals surface area (Å²) in [4.78, 5) is 24.2. The van der Waals surface area contributed by atoms with Crippen molar-refractivity contribution in [2.75, 3.05) is 11.9 Å². The lowest BCUT2D eigenvalue weighted by molar-refractivity contribution is -0.119. The van der Waals surface area contributed by atoms with Gasteiger partial charge in [-0.2, -0.15) is 10.4 Å². The first kappa shape index (κ1) is 19.5. The molecule has 1 N–H and O–H groups in total. The van der Waals surface area contributed by atoms with Gasteiger partial charge in [0, 0.05) is 6.54 Å². The number of ether oxygens (including phenoxy) is 1. The van der Waals surface area contributed by atoms with E-state index in [1.807, 2.05) is 13.0 Å². The van der Waals surface area contributed by atoms with Crippen molar-refractivity contribution in [3.63, 3.8) is 0 Å². The van der Waals surface area contributed by atoms with E-state index in [2.05, 4.69) is 10.4 Å². The molecule has 2 rings (SSSR count). The lowest BCUT2D eigenvalue weighted by atomic mass is 10.2. The van der Waals surface area contributed by atoms with Crippen molar-refractivity contribution >= 4 is 29.2 Å². The maximum atomic E-state index is 12.3. The minimum Gasteiger partial charge on any atom is -0.452 e. The van der Waals surface area contributed by atoms with Gasteiger partial charge in [-0.05, 0) is 25.5 Å². The van der Waals surface area contributed by atoms with Crippen molar-refractivity contribution in [1.29, 1.82) is 5.26 Å². The Morgan fingerprint density at radius 1 is 1.38 bits per heavy atom. The summed E-state index contributed by atoms with van der Waals surface area (Å²) in [7, 11) is 0. The number of anilines is 1. The van der Waals surface area contributed by atoms with E-state index < -0.39 is 18.5 Å². The molecule has 1 aromatic carbocycles. The van der Waals surface area contributed by atoms with Gasteiger partial charge in [0.2, 0.25) is 0 Å². The molecule has 7 nitrogen and oxygen atoms in total. The fourth-order valence-electron chi connectivity index (χ4n) is 2.32. The molecule has 1 aromatic heterocycles. The number of hydrogen-bond acceptors (Lipinski definition) is 5. The number of esters is 1. The summed E-state index contributed by atoms with van der Waals surface area (Å²) in [5.74, 6) is -1.26. The van der Waals surface area contributed by atoms with E-state index in [-0.39, 0.29) is 10.7 Å². The highest BCUT2D eigenvalue weighted by molar-refractivity contribution is 6.32. The minimum absolute atomic E-state index is 0.160. The van der Waals surface area contributed by atoms with Gasteiger partial charge in [-0.3, -0.25) is 9.48 Å². The molecule has 0 saturated heterocycles. The highest BCUT2D eigenvalue weighted by Crippen LogP contribution is 2.21. The number of benzene rings is 1. The second-order valence-electron chi connectivity index (χ2n) is 5.61. The van der Waals surface area contributed by atoms with Crippen LogP contribution in [0, 0.1) is 18.3 Å². The number of hydrogen-bond donors (Lipinski definition) is 1. The number of nitriles is 1. The molecule has 0 aliphatic carbocycles. The summed E-state index contributed by atoms with van der Waals surface area (Å²) in [5.41, 5.74) is 1.29. The summed E-state index contributed by atoms with van der Waals surface area (Å²) in [5, 5.41) is 16.0. The number of carbonyl (C=O) groups is 2. The molecule has 2 aromatic rings. The third-order valence-electron chi connectivity index (χ3n) is 3.65.